The lowest BCUT2D eigenvalue weighted by molar-refractivity contribution is -0.139. The van der Waals surface area contributed by atoms with E-state index in [1.165, 1.54) is 12.0 Å². The monoisotopic (exact) mass is 296 g/mol. The number of rotatable bonds is 8. The van der Waals surface area contributed by atoms with Crippen molar-refractivity contribution in [1.82, 2.24) is 10.2 Å². The van der Waals surface area contributed by atoms with E-state index in [0.29, 0.717) is 12.2 Å². The van der Waals surface area contributed by atoms with Crippen molar-refractivity contribution in [3.8, 4) is 0 Å². The zero-order valence-electron chi connectivity index (χ0n) is 11.9. The zero-order chi connectivity index (χ0) is 15.7. The van der Waals surface area contributed by atoms with Gasteiger partial charge in [0.05, 0.1) is 13.2 Å². The molecule has 0 saturated heterocycles. The van der Waals surface area contributed by atoms with Crippen molar-refractivity contribution in [3.05, 3.63) is 35.9 Å². The zero-order valence-corrected chi connectivity index (χ0v) is 11.9. The third kappa shape index (κ3) is 5.41. The Morgan fingerprint density at radius 2 is 1.95 bits per heavy atom. The number of hydrogen-bond acceptors (Lipinski definition) is 4. The second-order valence-corrected chi connectivity index (χ2v) is 4.33. The summed E-state index contributed by atoms with van der Waals surface area (Å²) >= 11 is 0. The minimum absolute atomic E-state index is 0.107. The van der Waals surface area contributed by atoms with Crippen LogP contribution in [0.2, 0.25) is 0 Å². The average molecular weight is 296 g/mol. The van der Waals surface area contributed by atoms with Crippen LogP contribution < -0.4 is 5.32 Å². The number of aliphatic hydroxyl groups excluding tert-OH is 1. The molecule has 2 amide bonds. The summed E-state index contributed by atoms with van der Waals surface area (Å²) in [5.74, 6) is -1.15. The molecular weight excluding hydrogens is 276 g/mol. The number of methoxy groups -OCH3 is 1. The predicted octanol–water partition coefficient (Wildman–Crippen LogP) is 0.463. The van der Waals surface area contributed by atoms with Crippen LogP contribution in [0.25, 0.3) is 0 Å². The molecule has 0 saturated carbocycles. The Hall–Kier alpha value is -2.12. The number of nitrogens with zero attached hydrogens (tertiary/aromatic N) is 1. The number of hydrogen-bond donors (Lipinski definition) is 3. The van der Waals surface area contributed by atoms with Gasteiger partial charge < -0.3 is 25.2 Å². The van der Waals surface area contributed by atoms with Gasteiger partial charge in [0, 0.05) is 20.2 Å². The Kier molecular flexibility index (Phi) is 7.20. The van der Waals surface area contributed by atoms with E-state index >= 15 is 0 Å². The van der Waals surface area contributed by atoms with Gasteiger partial charge in [-0.1, -0.05) is 30.3 Å². The van der Waals surface area contributed by atoms with Gasteiger partial charge in [-0.15, -0.1) is 0 Å². The highest BCUT2D eigenvalue weighted by molar-refractivity contribution is 5.83. The molecule has 21 heavy (non-hydrogen) atoms. The maximum atomic E-state index is 12.1. The maximum Gasteiger partial charge on any atom is 0.330 e. The van der Waals surface area contributed by atoms with Gasteiger partial charge in [0.15, 0.2) is 6.04 Å². The predicted molar refractivity (Wildman–Crippen MR) is 75.9 cm³/mol. The number of carbonyl (C=O) groups excluding carboxylic acids is 1. The number of amides is 2. The Bertz CT molecular complexity index is 452. The van der Waals surface area contributed by atoms with E-state index < -0.39 is 18.0 Å². The van der Waals surface area contributed by atoms with Crippen LogP contribution >= 0.6 is 0 Å². The summed E-state index contributed by atoms with van der Waals surface area (Å²) in [7, 11) is 1.50. The van der Waals surface area contributed by atoms with Crippen LogP contribution in [0, 0.1) is 0 Å². The number of nitrogens with one attached hydrogen (secondary N) is 1. The van der Waals surface area contributed by atoms with Crippen molar-refractivity contribution in [2.75, 3.05) is 33.4 Å². The topological polar surface area (TPSA) is 99.1 Å². The molecule has 1 atom stereocenters. The van der Waals surface area contributed by atoms with Gasteiger partial charge in [-0.25, -0.2) is 9.59 Å². The summed E-state index contributed by atoms with van der Waals surface area (Å²) in [6.07, 6.45) is 0. The normalized spacial score (nSPS) is 11.7. The van der Waals surface area contributed by atoms with Gasteiger partial charge in [-0.2, -0.15) is 0 Å². The highest BCUT2D eigenvalue weighted by Gasteiger charge is 2.24. The Morgan fingerprint density at radius 3 is 2.48 bits per heavy atom. The number of ether oxygens (including phenoxy) is 1. The van der Waals surface area contributed by atoms with Crippen molar-refractivity contribution < 1.29 is 24.5 Å². The number of carbonyl (C=O) groups is 2. The third-order valence-electron chi connectivity index (χ3n) is 2.87. The maximum absolute atomic E-state index is 12.1. The number of aliphatic carboxylic acids is 1. The van der Waals surface area contributed by atoms with Gasteiger partial charge in [0.2, 0.25) is 0 Å². The van der Waals surface area contributed by atoms with E-state index in [2.05, 4.69) is 5.32 Å². The molecule has 1 rings (SSSR count). The minimum atomic E-state index is -1.15. The molecule has 0 fully saturated rings. The lowest BCUT2D eigenvalue weighted by Crippen LogP contribution is -2.46. The molecule has 0 bridgehead atoms. The van der Waals surface area contributed by atoms with E-state index in [4.69, 9.17) is 9.84 Å². The molecule has 3 N–H and O–H groups in total. The van der Waals surface area contributed by atoms with Crippen molar-refractivity contribution in [2.24, 2.45) is 0 Å². The molecule has 0 aromatic heterocycles. The summed E-state index contributed by atoms with van der Waals surface area (Å²) in [5, 5.41) is 20.7. The molecule has 1 unspecified atom stereocenters. The molecule has 116 valence electrons. The molecule has 1 aromatic carbocycles. The lowest BCUT2D eigenvalue weighted by Gasteiger charge is -2.24. The summed E-state index contributed by atoms with van der Waals surface area (Å²) in [4.78, 5) is 24.7. The largest absolute Gasteiger partial charge is 0.479 e. The van der Waals surface area contributed by atoms with Crippen molar-refractivity contribution >= 4 is 12.0 Å². The van der Waals surface area contributed by atoms with Crippen molar-refractivity contribution in [2.45, 2.75) is 6.04 Å². The average Bonchev–Trinajstić information content (AvgIpc) is 2.49. The van der Waals surface area contributed by atoms with Crippen LogP contribution in [0.15, 0.2) is 30.3 Å². The second kappa shape index (κ2) is 8.93. The highest BCUT2D eigenvalue weighted by Crippen LogP contribution is 2.13. The Morgan fingerprint density at radius 1 is 1.29 bits per heavy atom. The van der Waals surface area contributed by atoms with Crippen LogP contribution in [-0.4, -0.2) is 60.5 Å². The first kappa shape index (κ1) is 16.9. The van der Waals surface area contributed by atoms with E-state index in [1.807, 2.05) is 0 Å². The number of carboxylic acids is 1. The first-order valence-corrected chi connectivity index (χ1v) is 6.53. The molecular formula is C14H20N2O5. The molecule has 0 radical (unpaired) electrons. The highest BCUT2D eigenvalue weighted by atomic mass is 16.5. The smallest absolute Gasteiger partial charge is 0.330 e. The first-order chi connectivity index (χ1) is 10.1. The Balaban J connectivity index is 2.77. The van der Waals surface area contributed by atoms with Crippen LogP contribution in [0.4, 0.5) is 4.79 Å². The number of benzene rings is 1. The molecule has 0 heterocycles. The van der Waals surface area contributed by atoms with Crippen LogP contribution in [0.1, 0.15) is 11.6 Å². The van der Waals surface area contributed by atoms with Gasteiger partial charge in [0.25, 0.3) is 0 Å². The van der Waals surface area contributed by atoms with Crippen LogP contribution in [0.3, 0.4) is 0 Å². The molecule has 0 spiro atoms. The minimum Gasteiger partial charge on any atom is -0.479 e. The van der Waals surface area contributed by atoms with E-state index in [-0.39, 0.29) is 19.7 Å². The molecule has 7 heteroatoms. The lowest BCUT2D eigenvalue weighted by atomic mass is 10.1. The number of urea groups is 1. The van der Waals surface area contributed by atoms with Gasteiger partial charge >= 0.3 is 12.0 Å². The molecule has 0 aliphatic rings. The summed E-state index contributed by atoms with van der Waals surface area (Å²) in [6, 6.07) is 6.73. The van der Waals surface area contributed by atoms with Crippen LogP contribution in [-0.2, 0) is 9.53 Å². The van der Waals surface area contributed by atoms with E-state index in [9.17, 15) is 14.7 Å². The van der Waals surface area contributed by atoms with Crippen molar-refractivity contribution in [1.29, 1.82) is 0 Å². The molecule has 0 aliphatic carbocycles. The molecule has 1 aromatic rings. The van der Waals surface area contributed by atoms with E-state index in [1.54, 1.807) is 30.3 Å². The summed E-state index contributed by atoms with van der Waals surface area (Å²) < 4.78 is 4.89. The fraction of sp³-hybridized carbons (Fsp3) is 0.429. The Labute approximate surface area is 123 Å². The van der Waals surface area contributed by atoms with Crippen molar-refractivity contribution in [3.63, 3.8) is 0 Å². The quantitative estimate of drug-likeness (QED) is 0.647. The number of aliphatic hydroxyl groups is 1. The SMILES string of the molecule is COCCN(CCO)C(=O)NC(C(=O)O)c1ccccc1. The van der Waals surface area contributed by atoms with Crippen LogP contribution in [0.5, 0.6) is 0 Å². The first-order valence-electron chi connectivity index (χ1n) is 6.53. The standard InChI is InChI=1S/C14H20N2O5/c1-21-10-8-16(7-9-17)14(20)15-12(13(18)19)11-5-3-2-4-6-11/h2-6,12,17H,7-10H2,1H3,(H,15,20)(H,18,19). The second-order valence-electron chi connectivity index (χ2n) is 4.33. The third-order valence-corrected chi connectivity index (χ3v) is 2.87. The van der Waals surface area contributed by atoms with Gasteiger partial charge in [0.1, 0.15) is 0 Å². The molecule has 0 aliphatic heterocycles. The summed E-state index contributed by atoms with van der Waals surface area (Å²) in [6.45, 7) is 0.469. The molecule has 7 nitrogen and oxygen atoms in total. The fourth-order valence-corrected chi connectivity index (χ4v) is 1.78. The van der Waals surface area contributed by atoms with Gasteiger partial charge in [-0.05, 0) is 5.56 Å². The van der Waals surface area contributed by atoms with Gasteiger partial charge in [-0.3, -0.25) is 0 Å². The fourth-order valence-electron chi connectivity index (χ4n) is 1.78. The summed E-state index contributed by atoms with van der Waals surface area (Å²) in [5.41, 5.74) is 0.481. The van der Waals surface area contributed by atoms with E-state index in [0.717, 1.165) is 0 Å². The number of carboxylic acid groups (broad SMARTS) is 1.